The highest BCUT2D eigenvalue weighted by molar-refractivity contribution is 7.99. The second kappa shape index (κ2) is 7.04. The van der Waals surface area contributed by atoms with E-state index in [0.717, 1.165) is 15.5 Å². The summed E-state index contributed by atoms with van der Waals surface area (Å²) in [7, 11) is 1.62. The number of esters is 1. The molecule has 21 heavy (non-hydrogen) atoms. The van der Waals surface area contributed by atoms with Crippen LogP contribution in [0.1, 0.15) is 17.3 Å². The fourth-order valence-corrected chi connectivity index (χ4v) is 2.70. The zero-order valence-electron chi connectivity index (χ0n) is 12.0. The lowest BCUT2D eigenvalue weighted by atomic mass is 10.2. The number of anilines is 1. The number of carbonyl (C=O) groups excluding carboxylic acids is 1. The molecule has 110 valence electrons. The molecule has 4 nitrogen and oxygen atoms in total. The first-order chi connectivity index (χ1) is 10.1. The molecule has 0 spiro atoms. The van der Waals surface area contributed by atoms with E-state index in [1.165, 1.54) is 11.8 Å². The third-order valence-electron chi connectivity index (χ3n) is 2.79. The Kier molecular flexibility index (Phi) is 5.11. The molecule has 2 N–H and O–H groups in total. The van der Waals surface area contributed by atoms with Crippen molar-refractivity contribution in [3.8, 4) is 5.75 Å². The van der Waals surface area contributed by atoms with E-state index in [4.69, 9.17) is 15.2 Å². The van der Waals surface area contributed by atoms with E-state index >= 15 is 0 Å². The normalized spacial score (nSPS) is 10.2. The number of carbonyl (C=O) groups is 1. The lowest BCUT2D eigenvalue weighted by molar-refractivity contribution is 0.0526. The van der Waals surface area contributed by atoms with Crippen molar-refractivity contribution < 1.29 is 14.3 Å². The number of hydrogen-bond donors (Lipinski definition) is 1. The van der Waals surface area contributed by atoms with Gasteiger partial charge in [0, 0.05) is 15.5 Å². The third kappa shape index (κ3) is 3.92. The molecule has 0 amide bonds. The third-order valence-corrected chi connectivity index (χ3v) is 3.86. The Morgan fingerprint density at radius 3 is 2.76 bits per heavy atom. The van der Waals surface area contributed by atoms with Crippen LogP contribution >= 0.6 is 11.8 Å². The first-order valence-electron chi connectivity index (χ1n) is 6.52. The minimum Gasteiger partial charge on any atom is -0.497 e. The molecule has 2 aromatic rings. The van der Waals surface area contributed by atoms with Gasteiger partial charge in [-0.2, -0.15) is 0 Å². The fourth-order valence-electron chi connectivity index (χ4n) is 1.76. The van der Waals surface area contributed by atoms with E-state index in [-0.39, 0.29) is 5.97 Å². The number of hydrogen-bond acceptors (Lipinski definition) is 5. The molecular weight excluding hydrogens is 286 g/mol. The van der Waals surface area contributed by atoms with Gasteiger partial charge < -0.3 is 15.2 Å². The largest absolute Gasteiger partial charge is 0.497 e. The molecular formula is C16H17NO3S. The summed E-state index contributed by atoms with van der Waals surface area (Å²) in [5.41, 5.74) is 7.10. The van der Waals surface area contributed by atoms with Crippen molar-refractivity contribution in [2.75, 3.05) is 19.5 Å². The van der Waals surface area contributed by atoms with Crippen LogP contribution in [0.25, 0.3) is 0 Å². The minimum atomic E-state index is -0.343. The van der Waals surface area contributed by atoms with Gasteiger partial charge in [-0.05, 0) is 43.3 Å². The summed E-state index contributed by atoms with van der Waals surface area (Å²) < 4.78 is 10.2. The number of nitrogens with two attached hydrogens (primary N) is 1. The van der Waals surface area contributed by atoms with Crippen molar-refractivity contribution in [1.29, 1.82) is 0 Å². The zero-order chi connectivity index (χ0) is 15.2. The van der Waals surface area contributed by atoms with Crippen LogP contribution in [0.4, 0.5) is 5.69 Å². The highest BCUT2D eigenvalue weighted by atomic mass is 32.2. The molecule has 0 saturated heterocycles. The second-order valence-electron chi connectivity index (χ2n) is 4.25. The SMILES string of the molecule is CCOC(=O)c1ccc(N)c(Sc2cccc(OC)c2)c1. The highest BCUT2D eigenvalue weighted by Gasteiger charge is 2.10. The average Bonchev–Trinajstić information content (AvgIpc) is 2.50. The summed E-state index contributed by atoms with van der Waals surface area (Å²) in [6, 6.07) is 12.8. The summed E-state index contributed by atoms with van der Waals surface area (Å²) in [6.45, 7) is 2.13. The molecule has 0 aliphatic rings. The van der Waals surface area contributed by atoms with Gasteiger partial charge in [-0.15, -0.1) is 0 Å². The van der Waals surface area contributed by atoms with Crippen LogP contribution in [0.15, 0.2) is 52.3 Å². The Labute approximate surface area is 128 Å². The van der Waals surface area contributed by atoms with Crippen LogP contribution in [-0.4, -0.2) is 19.7 Å². The predicted octanol–water partition coefficient (Wildman–Crippen LogP) is 3.61. The van der Waals surface area contributed by atoms with Crippen molar-refractivity contribution in [2.24, 2.45) is 0 Å². The van der Waals surface area contributed by atoms with Crippen LogP contribution < -0.4 is 10.5 Å². The molecule has 0 aromatic heterocycles. The van der Waals surface area contributed by atoms with Gasteiger partial charge in [0.2, 0.25) is 0 Å². The van der Waals surface area contributed by atoms with Gasteiger partial charge in [-0.1, -0.05) is 17.8 Å². The van der Waals surface area contributed by atoms with E-state index in [0.29, 0.717) is 17.9 Å². The van der Waals surface area contributed by atoms with Gasteiger partial charge in [0.1, 0.15) is 5.75 Å². The van der Waals surface area contributed by atoms with Gasteiger partial charge in [-0.25, -0.2) is 4.79 Å². The van der Waals surface area contributed by atoms with Crippen LogP contribution in [-0.2, 0) is 4.74 Å². The van der Waals surface area contributed by atoms with Gasteiger partial charge >= 0.3 is 5.97 Å². The molecule has 0 radical (unpaired) electrons. The van der Waals surface area contributed by atoms with Crippen molar-refractivity contribution >= 4 is 23.4 Å². The van der Waals surface area contributed by atoms with Crippen LogP contribution in [0, 0.1) is 0 Å². The molecule has 2 rings (SSSR count). The van der Waals surface area contributed by atoms with Crippen LogP contribution in [0.2, 0.25) is 0 Å². The molecule has 0 atom stereocenters. The number of benzene rings is 2. The molecule has 0 aliphatic carbocycles. The Morgan fingerprint density at radius 1 is 1.24 bits per heavy atom. The van der Waals surface area contributed by atoms with Gasteiger partial charge in [0.25, 0.3) is 0 Å². The Hall–Kier alpha value is -2.14. The van der Waals surface area contributed by atoms with Crippen LogP contribution in [0.3, 0.4) is 0 Å². The van der Waals surface area contributed by atoms with Gasteiger partial charge in [0.15, 0.2) is 0 Å². The lowest BCUT2D eigenvalue weighted by Gasteiger charge is -2.09. The maximum absolute atomic E-state index is 11.8. The van der Waals surface area contributed by atoms with Crippen LogP contribution in [0.5, 0.6) is 5.75 Å². The lowest BCUT2D eigenvalue weighted by Crippen LogP contribution is -2.05. The Bertz CT molecular complexity index is 643. The van der Waals surface area contributed by atoms with Crippen molar-refractivity contribution in [3.05, 3.63) is 48.0 Å². The number of methoxy groups -OCH3 is 1. The van der Waals surface area contributed by atoms with Gasteiger partial charge in [0.05, 0.1) is 19.3 Å². The van der Waals surface area contributed by atoms with E-state index in [9.17, 15) is 4.79 Å². The van der Waals surface area contributed by atoms with E-state index in [1.54, 1.807) is 32.2 Å². The Balaban J connectivity index is 2.26. The molecule has 0 saturated carbocycles. The van der Waals surface area contributed by atoms with E-state index in [2.05, 4.69) is 0 Å². The monoisotopic (exact) mass is 303 g/mol. The van der Waals surface area contributed by atoms with Crippen molar-refractivity contribution in [1.82, 2.24) is 0 Å². The highest BCUT2D eigenvalue weighted by Crippen LogP contribution is 2.34. The average molecular weight is 303 g/mol. The molecule has 0 aliphatic heterocycles. The zero-order valence-corrected chi connectivity index (χ0v) is 12.8. The second-order valence-corrected chi connectivity index (χ2v) is 5.37. The predicted molar refractivity (Wildman–Crippen MR) is 83.9 cm³/mol. The van der Waals surface area contributed by atoms with Crippen molar-refractivity contribution in [3.63, 3.8) is 0 Å². The first-order valence-corrected chi connectivity index (χ1v) is 7.34. The fraction of sp³-hybridized carbons (Fsp3) is 0.188. The number of rotatable bonds is 5. The summed E-state index contributed by atoms with van der Waals surface area (Å²) in [4.78, 5) is 13.6. The summed E-state index contributed by atoms with van der Waals surface area (Å²) in [5, 5.41) is 0. The van der Waals surface area contributed by atoms with E-state index in [1.807, 2.05) is 24.3 Å². The molecule has 0 unspecified atom stereocenters. The summed E-state index contributed by atoms with van der Waals surface area (Å²) in [6.07, 6.45) is 0. The topological polar surface area (TPSA) is 61.5 Å². The number of nitrogen functional groups attached to an aromatic ring is 1. The number of ether oxygens (including phenoxy) is 2. The minimum absolute atomic E-state index is 0.343. The molecule has 2 aromatic carbocycles. The van der Waals surface area contributed by atoms with Gasteiger partial charge in [-0.3, -0.25) is 0 Å². The molecule has 5 heteroatoms. The quantitative estimate of drug-likeness (QED) is 0.675. The molecule has 0 bridgehead atoms. The smallest absolute Gasteiger partial charge is 0.338 e. The maximum Gasteiger partial charge on any atom is 0.338 e. The van der Waals surface area contributed by atoms with Crippen molar-refractivity contribution in [2.45, 2.75) is 16.7 Å². The van der Waals surface area contributed by atoms with E-state index < -0.39 is 0 Å². The maximum atomic E-state index is 11.8. The Morgan fingerprint density at radius 2 is 2.05 bits per heavy atom. The summed E-state index contributed by atoms with van der Waals surface area (Å²) in [5.74, 6) is 0.435. The summed E-state index contributed by atoms with van der Waals surface area (Å²) >= 11 is 1.48. The first kappa shape index (κ1) is 15.3. The molecule has 0 heterocycles. The standard InChI is InChI=1S/C16H17NO3S/c1-3-20-16(18)11-7-8-14(17)15(9-11)21-13-6-4-5-12(10-13)19-2/h4-10H,3,17H2,1-2H3. The molecule has 0 fully saturated rings.